The quantitative estimate of drug-likeness (QED) is 0.740. The molecule has 1 aliphatic heterocycles. The highest BCUT2D eigenvalue weighted by Crippen LogP contribution is 2.23. The van der Waals surface area contributed by atoms with Crippen molar-refractivity contribution in [3.05, 3.63) is 42.5 Å². The topological polar surface area (TPSA) is 30.5 Å². The number of likely N-dealkylation sites (N-methyl/N-ethyl adjacent to an activating group) is 1. The predicted molar refractivity (Wildman–Crippen MR) is 82.3 cm³/mol. The molecule has 1 saturated heterocycles. The summed E-state index contributed by atoms with van der Waals surface area (Å²) in [6.45, 7) is 8.48. The molecule has 1 aromatic carbocycles. The van der Waals surface area contributed by atoms with Gasteiger partial charge in [0.2, 0.25) is 0 Å². The first kappa shape index (κ1) is 15.1. The molecule has 0 saturated carbocycles. The molecule has 0 amide bonds. The molecule has 2 rings (SSSR count). The van der Waals surface area contributed by atoms with Crippen molar-refractivity contribution in [1.29, 1.82) is 0 Å². The van der Waals surface area contributed by atoms with Crippen LogP contribution >= 0.6 is 0 Å². The van der Waals surface area contributed by atoms with Gasteiger partial charge in [-0.2, -0.15) is 0 Å². The number of para-hydroxylation sites is 1. The van der Waals surface area contributed by atoms with Gasteiger partial charge in [0.05, 0.1) is 12.2 Å². The Morgan fingerprint density at radius 3 is 2.95 bits per heavy atom. The van der Waals surface area contributed by atoms with E-state index < -0.39 is 0 Å². The molecule has 0 bridgehead atoms. The highest BCUT2D eigenvalue weighted by atomic mass is 16.5. The minimum absolute atomic E-state index is 0.218. The lowest BCUT2D eigenvalue weighted by Crippen LogP contribution is -2.28. The van der Waals surface area contributed by atoms with E-state index in [2.05, 4.69) is 24.9 Å². The van der Waals surface area contributed by atoms with E-state index in [1.165, 1.54) is 5.56 Å². The van der Waals surface area contributed by atoms with E-state index in [9.17, 15) is 0 Å². The van der Waals surface area contributed by atoms with E-state index in [0.29, 0.717) is 12.7 Å². The molecule has 1 aliphatic rings. The molecule has 1 N–H and O–H groups in total. The monoisotopic (exact) mass is 275 g/mol. The summed E-state index contributed by atoms with van der Waals surface area (Å²) < 4.78 is 11.9. The molecule has 0 radical (unpaired) electrons. The third kappa shape index (κ3) is 4.36. The van der Waals surface area contributed by atoms with E-state index in [-0.39, 0.29) is 6.10 Å². The van der Waals surface area contributed by atoms with Crippen molar-refractivity contribution in [2.24, 2.45) is 0 Å². The zero-order valence-corrected chi connectivity index (χ0v) is 12.3. The normalized spacial score (nSPS) is 21.9. The number of ether oxygens (including phenoxy) is 2. The van der Waals surface area contributed by atoms with Crippen LogP contribution < -0.4 is 10.1 Å². The second kappa shape index (κ2) is 8.08. The molecule has 1 aromatic rings. The van der Waals surface area contributed by atoms with Gasteiger partial charge in [-0.15, -0.1) is 6.58 Å². The Balaban J connectivity index is 1.80. The van der Waals surface area contributed by atoms with Gasteiger partial charge in [0, 0.05) is 6.54 Å². The van der Waals surface area contributed by atoms with Crippen LogP contribution in [0.15, 0.2) is 36.9 Å². The zero-order chi connectivity index (χ0) is 14.2. The molecule has 3 heteroatoms. The van der Waals surface area contributed by atoms with Gasteiger partial charge >= 0.3 is 0 Å². The van der Waals surface area contributed by atoms with Gasteiger partial charge in [-0.3, -0.25) is 0 Å². The Morgan fingerprint density at radius 2 is 2.15 bits per heavy atom. The van der Waals surface area contributed by atoms with Crippen LogP contribution in [-0.4, -0.2) is 31.9 Å². The van der Waals surface area contributed by atoms with Crippen LogP contribution in [-0.2, 0) is 11.2 Å². The Bertz CT molecular complexity index is 419. The Kier molecular flexibility index (Phi) is 6.09. The summed E-state index contributed by atoms with van der Waals surface area (Å²) in [7, 11) is 0. The van der Waals surface area contributed by atoms with Crippen LogP contribution in [0.25, 0.3) is 0 Å². The maximum Gasteiger partial charge on any atom is 0.122 e. The molecular formula is C17H25NO2. The molecule has 110 valence electrons. The molecule has 2 atom stereocenters. The zero-order valence-electron chi connectivity index (χ0n) is 12.3. The van der Waals surface area contributed by atoms with Crippen LogP contribution in [0.3, 0.4) is 0 Å². The number of nitrogens with one attached hydrogen (secondary N) is 1. The van der Waals surface area contributed by atoms with E-state index in [0.717, 1.165) is 38.1 Å². The number of hydrogen-bond donors (Lipinski definition) is 1. The molecule has 0 aromatic heterocycles. The van der Waals surface area contributed by atoms with Crippen molar-refractivity contribution < 1.29 is 9.47 Å². The van der Waals surface area contributed by atoms with Crippen LogP contribution in [0.2, 0.25) is 0 Å². The van der Waals surface area contributed by atoms with E-state index in [1.54, 1.807) is 0 Å². The molecule has 3 nitrogen and oxygen atoms in total. The summed E-state index contributed by atoms with van der Waals surface area (Å²) in [5.74, 6) is 0.950. The summed E-state index contributed by atoms with van der Waals surface area (Å²) in [5.41, 5.74) is 1.18. The second-order valence-electron chi connectivity index (χ2n) is 5.18. The van der Waals surface area contributed by atoms with Gasteiger partial charge in [0.25, 0.3) is 0 Å². The van der Waals surface area contributed by atoms with Crippen LogP contribution in [0.1, 0.15) is 25.3 Å². The van der Waals surface area contributed by atoms with Crippen LogP contribution in [0, 0.1) is 0 Å². The van der Waals surface area contributed by atoms with Crippen molar-refractivity contribution in [3.63, 3.8) is 0 Å². The van der Waals surface area contributed by atoms with Crippen LogP contribution in [0.4, 0.5) is 0 Å². The van der Waals surface area contributed by atoms with Crippen molar-refractivity contribution in [2.75, 3.05) is 19.7 Å². The first-order valence-electron chi connectivity index (χ1n) is 7.51. The van der Waals surface area contributed by atoms with E-state index in [4.69, 9.17) is 9.47 Å². The number of benzene rings is 1. The van der Waals surface area contributed by atoms with Gasteiger partial charge in [0.15, 0.2) is 0 Å². The molecule has 20 heavy (non-hydrogen) atoms. The highest BCUT2D eigenvalue weighted by molar-refractivity contribution is 5.34. The van der Waals surface area contributed by atoms with Crippen molar-refractivity contribution in [2.45, 2.75) is 38.4 Å². The Hall–Kier alpha value is -1.32. The number of hydrogen-bond acceptors (Lipinski definition) is 3. The van der Waals surface area contributed by atoms with Gasteiger partial charge in [-0.25, -0.2) is 0 Å². The Morgan fingerprint density at radius 1 is 1.35 bits per heavy atom. The SMILES string of the molecule is C=CCc1ccccc1OCC1CCC(CNCC)O1. The van der Waals surface area contributed by atoms with Gasteiger partial charge in [0.1, 0.15) is 12.4 Å². The fraction of sp³-hybridized carbons (Fsp3) is 0.529. The smallest absolute Gasteiger partial charge is 0.122 e. The summed E-state index contributed by atoms with van der Waals surface area (Å²) in [4.78, 5) is 0. The summed E-state index contributed by atoms with van der Waals surface area (Å²) in [6, 6.07) is 8.14. The summed E-state index contributed by atoms with van der Waals surface area (Å²) >= 11 is 0. The van der Waals surface area contributed by atoms with Gasteiger partial charge in [-0.05, 0) is 37.4 Å². The average molecular weight is 275 g/mol. The highest BCUT2D eigenvalue weighted by Gasteiger charge is 2.25. The third-order valence-corrected chi connectivity index (χ3v) is 3.58. The van der Waals surface area contributed by atoms with Crippen LogP contribution in [0.5, 0.6) is 5.75 Å². The first-order valence-corrected chi connectivity index (χ1v) is 7.51. The third-order valence-electron chi connectivity index (χ3n) is 3.58. The molecule has 0 aliphatic carbocycles. The fourth-order valence-corrected chi connectivity index (χ4v) is 2.51. The van der Waals surface area contributed by atoms with E-state index in [1.807, 2.05) is 24.3 Å². The molecular weight excluding hydrogens is 250 g/mol. The Labute approximate surface area is 122 Å². The fourth-order valence-electron chi connectivity index (χ4n) is 2.51. The van der Waals surface area contributed by atoms with Crippen molar-refractivity contribution >= 4 is 0 Å². The molecule has 2 unspecified atom stereocenters. The maximum absolute atomic E-state index is 5.98. The molecule has 1 fully saturated rings. The average Bonchev–Trinajstić information content (AvgIpc) is 2.92. The van der Waals surface area contributed by atoms with Gasteiger partial charge in [-0.1, -0.05) is 31.2 Å². The standard InChI is InChI=1S/C17H25NO2/c1-3-7-14-8-5-6-9-17(14)19-13-16-11-10-15(20-16)12-18-4-2/h3,5-6,8-9,15-16,18H,1,4,7,10-13H2,2H3. The van der Waals surface area contributed by atoms with Crippen molar-refractivity contribution in [1.82, 2.24) is 5.32 Å². The van der Waals surface area contributed by atoms with Crippen molar-refractivity contribution in [3.8, 4) is 5.75 Å². The molecule has 0 spiro atoms. The predicted octanol–water partition coefficient (Wildman–Crippen LogP) is 2.95. The largest absolute Gasteiger partial charge is 0.491 e. The lowest BCUT2D eigenvalue weighted by atomic mass is 10.1. The van der Waals surface area contributed by atoms with E-state index >= 15 is 0 Å². The van der Waals surface area contributed by atoms with Gasteiger partial charge < -0.3 is 14.8 Å². The lowest BCUT2D eigenvalue weighted by molar-refractivity contribution is 0.0186. The number of rotatable bonds is 8. The minimum atomic E-state index is 0.218. The maximum atomic E-state index is 5.98. The first-order chi connectivity index (χ1) is 9.83. The second-order valence-corrected chi connectivity index (χ2v) is 5.18. The summed E-state index contributed by atoms with van der Waals surface area (Å²) in [5, 5.41) is 3.33. The summed E-state index contributed by atoms with van der Waals surface area (Å²) in [6.07, 6.45) is 5.50. The molecule has 1 heterocycles. The number of allylic oxidation sites excluding steroid dienone is 1. The lowest BCUT2D eigenvalue weighted by Gasteiger charge is -2.16. The minimum Gasteiger partial charge on any atom is -0.491 e.